The maximum atomic E-state index is 11.4. The lowest BCUT2D eigenvalue weighted by Gasteiger charge is -2.21. The summed E-state index contributed by atoms with van der Waals surface area (Å²) in [7, 11) is -2.14. The molecule has 0 fully saturated rings. The molecule has 1 aromatic carbocycles. The van der Waals surface area contributed by atoms with Crippen molar-refractivity contribution in [3.63, 3.8) is 0 Å². The molecule has 0 aliphatic heterocycles. The molecule has 0 bridgehead atoms. The Kier molecular flexibility index (Phi) is 6.29. The summed E-state index contributed by atoms with van der Waals surface area (Å²) in [6.45, 7) is 4.25. The molecule has 0 saturated heterocycles. The Labute approximate surface area is 121 Å². The highest BCUT2D eigenvalue weighted by molar-refractivity contribution is 7.89. The fraction of sp³-hybridized carbons (Fsp3) is 0.571. The summed E-state index contributed by atoms with van der Waals surface area (Å²) in [6, 6.07) is 4.91. The summed E-state index contributed by atoms with van der Waals surface area (Å²) >= 11 is 0. The minimum atomic E-state index is -3.71. The Balaban J connectivity index is 3.06. The van der Waals surface area contributed by atoms with E-state index in [9.17, 15) is 8.42 Å². The average molecular weight is 300 g/mol. The van der Waals surface area contributed by atoms with Crippen LogP contribution in [0.2, 0.25) is 0 Å². The summed E-state index contributed by atoms with van der Waals surface area (Å²) < 4.78 is 28.1. The highest BCUT2D eigenvalue weighted by atomic mass is 32.2. The van der Waals surface area contributed by atoms with Gasteiger partial charge in [0.15, 0.2) is 0 Å². The Morgan fingerprint density at radius 2 is 1.85 bits per heavy atom. The molecule has 0 unspecified atom stereocenters. The van der Waals surface area contributed by atoms with E-state index in [0.29, 0.717) is 17.5 Å². The Hall–Kier alpha value is -1.27. The second-order valence-electron chi connectivity index (χ2n) is 4.83. The smallest absolute Gasteiger partial charge is 0.238 e. The van der Waals surface area contributed by atoms with Gasteiger partial charge < -0.3 is 10.1 Å². The maximum absolute atomic E-state index is 11.4. The van der Waals surface area contributed by atoms with Gasteiger partial charge in [-0.3, -0.25) is 0 Å². The SMILES string of the molecule is CCCC(CCC)Nc1cc(S(N)(=O)=O)ccc1OC. The third kappa shape index (κ3) is 4.68. The van der Waals surface area contributed by atoms with Crippen LogP contribution in [0.15, 0.2) is 23.1 Å². The highest BCUT2D eigenvalue weighted by Crippen LogP contribution is 2.28. The summed E-state index contributed by atoms with van der Waals surface area (Å²) in [5.74, 6) is 0.620. The summed E-state index contributed by atoms with van der Waals surface area (Å²) in [5, 5.41) is 8.54. The number of ether oxygens (including phenoxy) is 1. The van der Waals surface area contributed by atoms with Gasteiger partial charge in [-0.1, -0.05) is 26.7 Å². The van der Waals surface area contributed by atoms with Crippen LogP contribution < -0.4 is 15.2 Å². The number of rotatable bonds is 8. The molecule has 1 rings (SSSR count). The zero-order valence-corrected chi connectivity index (χ0v) is 13.2. The average Bonchev–Trinajstić information content (AvgIpc) is 2.38. The van der Waals surface area contributed by atoms with Crippen molar-refractivity contribution >= 4 is 15.7 Å². The number of sulfonamides is 1. The van der Waals surface area contributed by atoms with Crippen LogP contribution in [0.5, 0.6) is 5.75 Å². The molecule has 0 spiro atoms. The topological polar surface area (TPSA) is 81.4 Å². The van der Waals surface area contributed by atoms with E-state index < -0.39 is 10.0 Å². The van der Waals surface area contributed by atoms with Gasteiger partial charge in [0.2, 0.25) is 10.0 Å². The number of nitrogens with two attached hydrogens (primary N) is 1. The first-order valence-corrected chi connectivity index (χ1v) is 8.44. The van der Waals surface area contributed by atoms with E-state index in [1.165, 1.54) is 12.1 Å². The fourth-order valence-electron chi connectivity index (χ4n) is 2.18. The number of nitrogens with one attached hydrogen (secondary N) is 1. The lowest BCUT2D eigenvalue weighted by molar-refractivity contribution is 0.415. The van der Waals surface area contributed by atoms with Crippen LogP contribution in [0, 0.1) is 0 Å². The zero-order chi connectivity index (χ0) is 15.2. The first-order valence-electron chi connectivity index (χ1n) is 6.89. The van der Waals surface area contributed by atoms with E-state index in [1.807, 2.05) is 0 Å². The second-order valence-corrected chi connectivity index (χ2v) is 6.39. The van der Waals surface area contributed by atoms with Crippen LogP contribution in [-0.4, -0.2) is 21.6 Å². The van der Waals surface area contributed by atoms with Crippen LogP contribution in [0.25, 0.3) is 0 Å². The lowest BCUT2D eigenvalue weighted by Crippen LogP contribution is -2.20. The van der Waals surface area contributed by atoms with Gasteiger partial charge in [-0.25, -0.2) is 13.6 Å². The van der Waals surface area contributed by atoms with Crippen molar-refractivity contribution in [2.24, 2.45) is 5.14 Å². The lowest BCUT2D eigenvalue weighted by atomic mass is 10.1. The third-order valence-corrected chi connectivity index (χ3v) is 4.04. The van der Waals surface area contributed by atoms with E-state index in [-0.39, 0.29) is 4.90 Å². The van der Waals surface area contributed by atoms with Gasteiger partial charge in [0.25, 0.3) is 0 Å². The number of benzene rings is 1. The number of anilines is 1. The van der Waals surface area contributed by atoms with Crippen molar-refractivity contribution in [2.45, 2.75) is 50.5 Å². The summed E-state index contributed by atoms with van der Waals surface area (Å²) in [6.07, 6.45) is 4.18. The van der Waals surface area contributed by atoms with Gasteiger partial charge in [0.05, 0.1) is 17.7 Å². The first-order chi connectivity index (χ1) is 9.42. The predicted molar refractivity (Wildman–Crippen MR) is 81.6 cm³/mol. The standard InChI is InChI=1S/C14H24N2O3S/c1-4-6-11(7-5-2)16-13-10-12(20(15,17)18)8-9-14(13)19-3/h8-11,16H,4-7H2,1-3H3,(H2,15,17,18). The molecule has 1 aromatic rings. The van der Waals surface area contributed by atoms with Crippen LogP contribution in [0.3, 0.4) is 0 Å². The van der Waals surface area contributed by atoms with E-state index >= 15 is 0 Å². The number of hydrogen-bond donors (Lipinski definition) is 2. The van der Waals surface area contributed by atoms with Crippen molar-refractivity contribution in [3.8, 4) is 5.75 Å². The normalized spacial score (nSPS) is 11.7. The summed E-state index contributed by atoms with van der Waals surface area (Å²) in [4.78, 5) is 0.0903. The van der Waals surface area contributed by atoms with E-state index in [2.05, 4.69) is 19.2 Å². The molecule has 114 valence electrons. The van der Waals surface area contributed by atoms with Gasteiger partial charge >= 0.3 is 0 Å². The predicted octanol–water partition coefficient (Wildman–Crippen LogP) is 2.72. The number of primary sulfonamides is 1. The number of hydrogen-bond acceptors (Lipinski definition) is 4. The molecule has 5 nitrogen and oxygen atoms in total. The van der Waals surface area contributed by atoms with Crippen molar-refractivity contribution in [1.82, 2.24) is 0 Å². The van der Waals surface area contributed by atoms with Gasteiger partial charge in [-0.15, -0.1) is 0 Å². The van der Waals surface area contributed by atoms with Gasteiger partial charge in [0.1, 0.15) is 5.75 Å². The van der Waals surface area contributed by atoms with E-state index in [1.54, 1.807) is 13.2 Å². The van der Waals surface area contributed by atoms with Crippen LogP contribution in [0.4, 0.5) is 5.69 Å². The monoisotopic (exact) mass is 300 g/mol. The second kappa shape index (κ2) is 7.50. The molecule has 20 heavy (non-hydrogen) atoms. The molecular formula is C14H24N2O3S. The molecule has 0 radical (unpaired) electrons. The molecule has 0 aliphatic carbocycles. The molecule has 3 N–H and O–H groups in total. The molecule has 0 atom stereocenters. The van der Waals surface area contributed by atoms with E-state index in [0.717, 1.165) is 25.7 Å². The molecule has 0 saturated carbocycles. The van der Waals surface area contributed by atoms with Crippen molar-refractivity contribution in [1.29, 1.82) is 0 Å². The zero-order valence-electron chi connectivity index (χ0n) is 12.3. The largest absolute Gasteiger partial charge is 0.495 e. The van der Waals surface area contributed by atoms with Gasteiger partial charge in [0, 0.05) is 6.04 Å². The quantitative estimate of drug-likeness (QED) is 0.773. The number of methoxy groups -OCH3 is 1. The fourth-order valence-corrected chi connectivity index (χ4v) is 2.72. The Morgan fingerprint density at radius 3 is 2.30 bits per heavy atom. The third-order valence-electron chi connectivity index (χ3n) is 3.13. The molecule has 6 heteroatoms. The van der Waals surface area contributed by atoms with Crippen LogP contribution in [0.1, 0.15) is 39.5 Å². The minimum absolute atomic E-state index is 0.0903. The Bertz CT molecular complexity index is 523. The summed E-state index contributed by atoms with van der Waals surface area (Å²) in [5.41, 5.74) is 0.672. The van der Waals surface area contributed by atoms with Gasteiger partial charge in [-0.05, 0) is 31.0 Å². The Morgan fingerprint density at radius 1 is 1.25 bits per heavy atom. The molecule has 0 heterocycles. The highest BCUT2D eigenvalue weighted by Gasteiger charge is 2.14. The molecule has 0 amide bonds. The minimum Gasteiger partial charge on any atom is -0.495 e. The van der Waals surface area contributed by atoms with Crippen molar-refractivity contribution < 1.29 is 13.2 Å². The van der Waals surface area contributed by atoms with Crippen molar-refractivity contribution in [3.05, 3.63) is 18.2 Å². The van der Waals surface area contributed by atoms with Gasteiger partial charge in [-0.2, -0.15) is 0 Å². The van der Waals surface area contributed by atoms with Crippen LogP contribution >= 0.6 is 0 Å². The molecule has 0 aliphatic rings. The first kappa shape index (κ1) is 16.8. The van der Waals surface area contributed by atoms with E-state index in [4.69, 9.17) is 9.88 Å². The van der Waals surface area contributed by atoms with Crippen molar-refractivity contribution in [2.75, 3.05) is 12.4 Å². The van der Waals surface area contributed by atoms with Crippen LogP contribution in [-0.2, 0) is 10.0 Å². The molecular weight excluding hydrogens is 276 g/mol. The maximum Gasteiger partial charge on any atom is 0.238 e. The molecule has 0 aromatic heterocycles.